The van der Waals surface area contributed by atoms with Crippen molar-refractivity contribution in [2.75, 3.05) is 13.1 Å². The molecule has 1 aliphatic heterocycles. The average Bonchev–Trinajstić information content (AvgIpc) is 3.20. The molecule has 2 rings (SSSR count). The van der Waals surface area contributed by atoms with E-state index in [-0.39, 0.29) is 5.91 Å². The number of nitrogens with one attached hydrogen (secondary N) is 1. The minimum Gasteiger partial charge on any atom is -0.480 e. The number of carbonyl (C=O) groups is 3. The SMILES string of the molecule is N[C@@H](CCCCN[C@H](CCc1ccccc1)C(=O)O)C(=O)N1CCC[C@H]1C(=O)O. The van der Waals surface area contributed by atoms with Crippen LogP contribution in [0.25, 0.3) is 0 Å². The normalized spacial score (nSPS) is 18.4. The largest absolute Gasteiger partial charge is 0.480 e. The van der Waals surface area contributed by atoms with Crippen LogP contribution in [0.3, 0.4) is 0 Å². The molecule has 3 atom stereocenters. The standard InChI is InChI=1S/C21H31N3O5/c22-16(19(25)24-14-6-10-18(24)21(28)29)9-4-5-13-23-17(20(26)27)12-11-15-7-2-1-3-8-15/h1-3,7-8,16-18,23H,4-6,9-14,22H2,(H,26,27)(H,28,29)/t16-,17+,18-/m0/s1. The van der Waals surface area contributed by atoms with Crippen LogP contribution in [0, 0.1) is 0 Å². The Hall–Kier alpha value is -2.45. The number of aliphatic carboxylic acids is 2. The number of carboxylic acids is 2. The van der Waals surface area contributed by atoms with Crippen LogP contribution < -0.4 is 11.1 Å². The summed E-state index contributed by atoms with van der Waals surface area (Å²) < 4.78 is 0. The van der Waals surface area contributed by atoms with Gasteiger partial charge in [-0.05, 0) is 50.6 Å². The molecule has 0 spiro atoms. The Morgan fingerprint density at radius 1 is 1.14 bits per heavy atom. The van der Waals surface area contributed by atoms with Gasteiger partial charge in [0.2, 0.25) is 5.91 Å². The minimum atomic E-state index is -0.984. The molecule has 8 heteroatoms. The van der Waals surface area contributed by atoms with Gasteiger partial charge in [-0.3, -0.25) is 9.59 Å². The Morgan fingerprint density at radius 3 is 2.52 bits per heavy atom. The summed E-state index contributed by atoms with van der Waals surface area (Å²) in [6.45, 7) is 0.959. The second-order valence-electron chi connectivity index (χ2n) is 7.50. The zero-order valence-corrected chi connectivity index (χ0v) is 16.6. The molecule has 0 aromatic heterocycles. The van der Waals surface area contributed by atoms with Gasteiger partial charge >= 0.3 is 11.9 Å². The minimum absolute atomic E-state index is 0.311. The Balaban J connectivity index is 1.67. The molecule has 1 fully saturated rings. The molecule has 1 aromatic rings. The molecule has 1 heterocycles. The molecule has 1 amide bonds. The van der Waals surface area contributed by atoms with E-state index in [2.05, 4.69) is 5.32 Å². The quantitative estimate of drug-likeness (QED) is 0.384. The Bertz CT molecular complexity index is 682. The first-order valence-corrected chi connectivity index (χ1v) is 10.2. The number of rotatable bonds is 12. The maximum absolute atomic E-state index is 12.4. The van der Waals surface area contributed by atoms with Crippen LogP contribution in [0.1, 0.15) is 44.1 Å². The van der Waals surface area contributed by atoms with Crippen molar-refractivity contribution in [3.63, 3.8) is 0 Å². The Morgan fingerprint density at radius 2 is 1.86 bits per heavy atom. The number of unbranched alkanes of at least 4 members (excludes halogenated alkanes) is 1. The summed E-state index contributed by atoms with van der Waals surface area (Å²) in [6.07, 6.45) is 4.14. The van der Waals surface area contributed by atoms with Gasteiger partial charge in [0.25, 0.3) is 0 Å². The maximum atomic E-state index is 12.4. The van der Waals surface area contributed by atoms with E-state index in [9.17, 15) is 24.6 Å². The lowest BCUT2D eigenvalue weighted by Gasteiger charge is -2.24. The van der Waals surface area contributed by atoms with Gasteiger partial charge in [0.05, 0.1) is 6.04 Å². The fraction of sp³-hybridized carbons (Fsp3) is 0.571. The lowest BCUT2D eigenvalue weighted by atomic mass is 10.0. The molecule has 0 aliphatic carbocycles. The van der Waals surface area contributed by atoms with Gasteiger partial charge in [-0.2, -0.15) is 0 Å². The van der Waals surface area contributed by atoms with Crippen LogP contribution in [0.5, 0.6) is 0 Å². The molecule has 0 saturated carbocycles. The van der Waals surface area contributed by atoms with E-state index in [4.69, 9.17) is 5.73 Å². The van der Waals surface area contributed by atoms with E-state index < -0.39 is 30.1 Å². The van der Waals surface area contributed by atoms with Crippen LogP contribution in [0.2, 0.25) is 0 Å². The van der Waals surface area contributed by atoms with E-state index >= 15 is 0 Å². The molecule has 1 saturated heterocycles. The number of hydrogen-bond donors (Lipinski definition) is 4. The smallest absolute Gasteiger partial charge is 0.326 e. The van der Waals surface area contributed by atoms with Crippen molar-refractivity contribution in [2.24, 2.45) is 5.73 Å². The zero-order valence-electron chi connectivity index (χ0n) is 16.6. The zero-order chi connectivity index (χ0) is 21.2. The number of nitrogens with zero attached hydrogens (tertiary/aromatic N) is 1. The third-order valence-electron chi connectivity index (χ3n) is 5.33. The summed E-state index contributed by atoms with van der Waals surface area (Å²) in [6, 6.07) is 7.65. The second kappa shape index (κ2) is 11.5. The van der Waals surface area contributed by atoms with Crippen LogP contribution in [0.4, 0.5) is 0 Å². The highest BCUT2D eigenvalue weighted by Gasteiger charge is 2.35. The average molecular weight is 405 g/mol. The predicted octanol–water partition coefficient (Wildman–Crippen LogP) is 1.24. The molecule has 1 aliphatic rings. The molecule has 0 radical (unpaired) electrons. The second-order valence-corrected chi connectivity index (χ2v) is 7.50. The van der Waals surface area contributed by atoms with E-state index in [1.165, 1.54) is 4.90 Å². The summed E-state index contributed by atoms with van der Waals surface area (Å²) in [5, 5.41) is 21.6. The molecule has 5 N–H and O–H groups in total. The van der Waals surface area contributed by atoms with Crippen molar-refractivity contribution < 1.29 is 24.6 Å². The highest BCUT2D eigenvalue weighted by atomic mass is 16.4. The number of amides is 1. The molecule has 1 aromatic carbocycles. The number of benzene rings is 1. The number of hydrogen-bond acceptors (Lipinski definition) is 5. The molecule has 0 bridgehead atoms. The molecule has 0 unspecified atom stereocenters. The van der Waals surface area contributed by atoms with E-state index in [0.717, 1.165) is 5.56 Å². The summed E-state index contributed by atoms with van der Waals surface area (Å²) in [5.41, 5.74) is 7.07. The van der Waals surface area contributed by atoms with Gasteiger partial charge in [-0.1, -0.05) is 36.8 Å². The first kappa shape index (κ1) is 22.8. The van der Waals surface area contributed by atoms with Gasteiger partial charge in [0.1, 0.15) is 12.1 Å². The maximum Gasteiger partial charge on any atom is 0.326 e. The van der Waals surface area contributed by atoms with Crippen LogP contribution >= 0.6 is 0 Å². The molecule has 8 nitrogen and oxygen atoms in total. The molecule has 160 valence electrons. The number of carbonyl (C=O) groups excluding carboxylic acids is 1. The Kier molecular flexibility index (Phi) is 9.08. The van der Waals surface area contributed by atoms with Gasteiger partial charge in [0, 0.05) is 6.54 Å². The lowest BCUT2D eigenvalue weighted by Crippen LogP contribution is -2.48. The van der Waals surface area contributed by atoms with Gasteiger partial charge < -0.3 is 26.2 Å². The molecular formula is C21H31N3O5. The number of aryl methyl sites for hydroxylation is 1. The van der Waals surface area contributed by atoms with Crippen molar-refractivity contribution in [1.29, 1.82) is 0 Å². The third kappa shape index (κ3) is 7.14. The first-order chi connectivity index (χ1) is 13.9. The topological polar surface area (TPSA) is 133 Å². The highest BCUT2D eigenvalue weighted by molar-refractivity contribution is 5.87. The number of nitrogens with two attached hydrogens (primary N) is 1. The fourth-order valence-electron chi connectivity index (χ4n) is 3.66. The predicted molar refractivity (Wildman–Crippen MR) is 108 cm³/mol. The van der Waals surface area contributed by atoms with Crippen molar-refractivity contribution in [3.8, 4) is 0 Å². The molecule has 29 heavy (non-hydrogen) atoms. The number of carboxylic acid groups (broad SMARTS) is 2. The van der Waals surface area contributed by atoms with Crippen molar-refractivity contribution in [2.45, 2.75) is 63.1 Å². The van der Waals surface area contributed by atoms with Crippen molar-refractivity contribution >= 4 is 17.8 Å². The molecular weight excluding hydrogens is 374 g/mol. The van der Waals surface area contributed by atoms with Gasteiger partial charge in [0.15, 0.2) is 0 Å². The van der Waals surface area contributed by atoms with Gasteiger partial charge in [-0.25, -0.2) is 4.79 Å². The van der Waals surface area contributed by atoms with Crippen molar-refractivity contribution in [1.82, 2.24) is 10.2 Å². The van der Waals surface area contributed by atoms with Crippen molar-refractivity contribution in [3.05, 3.63) is 35.9 Å². The fourth-order valence-corrected chi connectivity index (χ4v) is 3.66. The number of likely N-dealkylation sites (tertiary alicyclic amines) is 1. The Labute approximate surface area is 171 Å². The first-order valence-electron chi connectivity index (χ1n) is 10.2. The van der Waals surface area contributed by atoms with Crippen LogP contribution in [-0.2, 0) is 20.8 Å². The monoisotopic (exact) mass is 405 g/mol. The van der Waals surface area contributed by atoms with Gasteiger partial charge in [-0.15, -0.1) is 0 Å². The van der Waals surface area contributed by atoms with E-state index in [1.54, 1.807) is 0 Å². The van der Waals surface area contributed by atoms with E-state index in [0.29, 0.717) is 58.0 Å². The van der Waals surface area contributed by atoms with Crippen LogP contribution in [-0.4, -0.2) is 64.2 Å². The summed E-state index contributed by atoms with van der Waals surface area (Å²) >= 11 is 0. The highest BCUT2D eigenvalue weighted by Crippen LogP contribution is 2.19. The van der Waals surface area contributed by atoms with Crippen LogP contribution in [0.15, 0.2) is 30.3 Å². The third-order valence-corrected chi connectivity index (χ3v) is 5.33. The summed E-state index contributed by atoms with van der Waals surface area (Å²) in [7, 11) is 0. The lowest BCUT2D eigenvalue weighted by molar-refractivity contribution is -0.148. The summed E-state index contributed by atoms with van der Waals surface area (Å²) in [4.78, 5) is 36.4. The van der Waals surface area contributed by atoms with E-state index in [1.807, 2.05) is 30.3 Å². The summed E-state index contributed by atoms with van der Waals surface area (Å²) in [5.74, 6) is -2.17.